The summed E-state index contributed by atoms with van der Waals surface area (Å²) in [5.41, 5.74) is 40.7. The highest BCUT2D eigenvalue weighted by Crippen LogP contribution is 2.45. The molecule has 22 aromatic carbocycles. The third kappa shape index (κ3) is 17.2. The van der Waals surface area contributed by atoms with Gasteiger partial charge in [0.25, 0.3) is 0 Å². The first kappa shape index (κ1) is 77.1. The molecule has 0 bridgehead atoms. The Bertz CT molecular complexity index is 10300. The minimum Gasteiger partial charge on any atom is -0.293 e. The zero-order valence-electron chi connectivity index (χ0n) is 89.3. The van der Waals surface area contributed by atoms with E-state index in [9.17, 15) is 0 Å². The molecule has 0 aliphatic heterocycles. The number of fused-ring (bicyclic) bond motifs is 12. The van der Waals surface area contributed by atoms with Crippen LogP contribution in [0.5, 0.6) is 0 Å². The Kier molecular flexibility index (Phi) is 20.1. The number of para-hydroxylation sites is 8. The van der Waals surface area contributed by atoms with Crippen LogP contribution in [0.1, 0.15) is 13.7 Å². The molecular weight excluding hydrogens is 1780 g/mol. The van der Waals surface area contributed by atoms with Crippen molar-refractivity contribution in [2.24, 2.45) is 0 Å². The van der Waals surface area contributed by atoms with Crippen molar-refractivity contribution in [3.05, 3.63) is 552 Å². The van der Waals surface area contributed by atoms with Gasteiger partial charge in [0.05, 0.1) is 63.4 Å². The molecule has 6 aromatic heterocycles. The lowest BCUT2D eigenvalue weighted by molar-refractivity contribution is 1.14. The van der Waals surface area contributed by atoms with Gasteiger partial charge < -0.3 is 0 Å². The van der Waals surface area contributed by atoms with E-state index in [1.165, 1.54) is 38.9 Å². The van der Waals surface area contributed by atoms with Crippen LogP contribution in [0.4, 0.5) is 0 Å². The van der Waals surface area contributed by atoms with Crippen LogP contribution >= 0.6 is 0 Å². The standard InChI is InChI=1S/C50H33N3.2C44H29N3/c1-4-14-34(15-5-1)36-18-12-20-38(28-36)41-30-42(39-21-13-19-37(29-39)35-16-6-2-7-17-35)32-43(31-41)40-26-27-48-45(33-40)49-50(53(48)44-22-8-3-9-23-44)52-47-25-11-10-24-46(47)51-49;1-4-12-30(13-5-1)32-20-22-33(23-21-32)36-26-35(31-14-6-2-7-15-31)27-37(28-36)34-24-25-42-39(29-34)43-44(47(42)38-16-8-3-9-17-38)46-41-19-11-10-18-40(41)45-43;1-4-12-30(13-5-1)32-20-22-33(23-21-32)36-26-35(31-14-6-2-7-15-31)27-37(28-36)34-24-25-40-41(29-34)45-43-39-18-10-11-19-42(39)47(44(43)46-40)38-16-8-3-9-17-38/h1-33H;2*1-29H/i;2D,6D,7D,14D,15D;3D,8D,9D,16D,17D. The number of benzene rings is 22. The molecule has 0 amide bonds. The van der Waals surface area contributed by atoms with E-state index in [1.807, 2.05) is 170 Å². The van der Waals surface area contributed by atoms with E-state index in [2.05, 4.69) is 331 Å². The topological polar surface area (TPSA) is 92.1 Å². The van der Waals surface area contributed by atoms with Gasteiger partial charge in [0.2, 0.25) is 0 Å². The van der Waals surface area contributed by atoms with Gasteiger partial charge in [-0.25, -0.2) is 29.9 Å². The van der Waals surface area contributed by atoms with Gasteiger partial charge in [0.15, 0.2) is 16.9 Å². The Morgan fingerprint density at radius 1 is 0.136 bits per heavy atom. The lowest BCUT2D eigenvalue weighted by atomic mass is 9.91. The zero-order chi connectivity index (χ0) is 106. The number of aromatic nitrogens is 9. The largest absolute Gasteiger partial charge is 0.293 e. The van der Waals surface area contributed by atoms with Crippen LogP contribution in [0.3, 0.4) is 0 Å². The van der Waals surface area contributed by atoms with E-state index < -0.39 is 24.2 Å². The summed E-state index contributed by atoms with van der Waals surface area (Å²) >= 11 is 0. The number of hydrogen-bond donors (Lipinski definition) is 0. The van der Waals surface area contributed by atoms with Crippen LogP contribution in [0, 0.1) is 0 Å². The summed E-state index contributed by atoms with van der Waals surface area (Å²) in [6.45, 7) is 0. The van der Waals surface area contributed by atoms with Crippen molar-refractivity contribution in [2.45, 2.75) is 0 Å². The third-order valence-electron chi connectivity index (χ3n) is 27.5. The van der Waals surface area contributed by atoms with Crippen LogP contribution in [0.15, 0.2) is 552 Å². The van der Waals surface area contributed by atoms with Crippen molar-refractivity contribution < 1.29 is 13.7 Å². The highest BCUT2D eigenvalue weighted by molar-refractivity contribution is 6.12. The molecule has 0 saturated heterocycles. The normalized spacial score (nSPS) is 12.4. The predicted molar refractivity (Wildman–Crippen MR) is 612 cm³/mol. The third-order valence-corrected chi connectivity index (χ3v) is 27.5. The van der Waals surface area contributed by atoms with E-state index in [0.717, 1.165) is 178 Å². The molecule has 0 spiro atoms. The average molecular weight is 1890 g/mol. The van der Waals surface area contributed by atoms with Crippen LogP contribution < -0.4 is 0 Å². The van der Waals surface area contributed by atoms with Gasteiger partial charge in [-0.15, -0.1) is 0 Å². The van der Waals surface area contributed by atoms with Crippen LogP contribution in [-0.2, 0) is 0 Å². The highest BCUT2D eigenvalue weighted by Gasteiger charge is 2.24. The van der Waals surface area contributed by atoms with Crippen molar-refractivity contribution >= 4 is 99.3 Å². The Morgan fingerprint density at radius 2 is 0.367 bits per heavy atom. The molecule has 0 unspecified atom stereocenters. The minimum atomic E-state index is -0.438. The van der Waals surface area contributed by atoms with Crippen LogP contribution in [0.2, 0.25) is 0 Å². The van der Waals surface area contributed by atoms with Crippen molar-refractivity contribution in [3.63, 3.8) is 0 Å². The molecule has 28 aromatic rings. The monoisotopic (exact) mass is 1880 g/mol. The SMILES string of the molecule is [2H]c1c([2H])c([2H])c(-c2cc(-c3ccc(-c4ccccc4)cc3)cc(-c3ccc4c(c3)c3nc5ccccc5nc3n4-c3ccccc3)c2)c([2H])c1[2H].[2H]c1c([2H])c([2H])c(-n2c3ccccc3c3nc4cc(-c5cc(-c6ccccc6)cc(-c6ccc(-c7ccccc7)cc6)c5)ccc4nc32)c([2H])c1[2H].c1ccc(-c2cccc(-c3cc(-c4cccc(-c5ccccc5)c4)cc(-c4ccc5c(c4)c4nc6ccccc6nc4n5-c4ccccc4)c3)c2)cc1. The fourth-order valence-electron chi connectivity index (χ4n) is 20.3. The molecule has 0 aliphatic carbocycles. The summed E-state index contributed by atoms with van der Waals surface area (Å²) in [4.78, 5) is 30.7. The first-order chi connectivity index (χ1) is 77.0. The molecule has 28 rings (SSSR count). The maximum absolute atomic E-state index is 8.80. The van der Waals surface area contributed by atoms with E-state index in [-0.39, 0.29) is 47.5 Å². The summed E-state index contributed by atoms with van der Waals surface area (Å²) in [5.74, 6) is 0. The molecule has 147 heavy (non-hydrogen) atoms. The summed E-state index contributed by atoms with van der Waals surface area (Å²) in [6, 6.07) is 166. The molecule has 9 heteroatoms. The second kappa shape index (κ2) is 38.4. The summed E-state index contributed by atoms with van der Waals surface area (Å²) in [6.07, 6.45) is 0. The van der Waals surface area contributed by atoms with Gasteiger partial charge in [0, 0.05) is 33.2 Å². The zero-order valence-corrected chi connectivity index (χ0v) is 79.3. The summed E-state index contributed by atoms with van der Waals surface area (Å²) in [7, 11) is 0. The number of rotatable bonds is 16. The Balaban J connectivity index is 0.000000117. The number of nitrogens with zero attached hydrogens (tertiary/aromatic N) is 9. The maximum Gasteiger partial charge on any atom is 0.165 e. The molecule has 688 valence electrons. The molecule has 0 atom stereocenters. The average Bonchev–Trinajstić information content (AvgIpc) is 1.65. The molecular formula is C138H91N9. The van der Waals surface area contributed by atoms with E-state index in [0.29, 0.717) is 33.3 Å². The van der Waals surface area contributed by atoms with Crippen molar-refractivity contribution in [3.8, 4) is 162 Å². The lowest BCUT2D eigenvalue weighted by Gasteiger charge is -2.14. The fraction of sp³-hybridized carbons (Fsp3) is 0. The van der Waals surface area contributed by atoms with Gasteiger partial charge in [-0.1, -0.05) is 382 Å². The van der Waals surface area contributed by atoms with Crippen LogP contribution in [0.25, 0.3) is 261 Å². The van der Waals surface area contributed by atoms with E-state index >= 15 is 0 Å². The summed E-state index contributed by atoms with van der Waals surface area (Å²) in [5, 5.41) is 2.77. The van der Waals surface area contributed by atoms with Gasteiger partial charge in [-0.3, -0.25) is 13.7 Å². The van der Waals surface area contributed by atoms with Gasteiger partial charge >= 0.3 is 0 Å². The van der Waals surface area contributed by atoms with E-state index in [4.69, 9.17) is 43.6 Å². The maximum atomic E-state index is 8.80. The molecule has 9 nitrogen and oxygen atoms in total. The highest BCUT2D eigenvalue weighted by atomic mass is 15.1. The van der Waals surface area contributed by atoms with Crippen molar-refractivity contribution in [2.75, 3.05) is 0 Å². The Hall–Kier alpha value is -19.7. The molecule has 6 heterocycles. The number of hydrogen-bond acceptors (Lipinski definition) is 6. The van der Waals surface area contributed by atoms with Gasteiger partial charge in [0.1, 0.15) is 16.6 Å². The molecule has 0 saturated carbocycles. The van der Waals surface area contributed by atoms with Crippen molar-refractivity contribution in [1.82, 2.24) is 43.6 Å². The molecule has 0 aliphatic rings. The lowest BCUT2D eigenvalue weighted by Crippen LogP contribution is -1.96. The molecule has 0 fully saturated rings. The minimum absolute atomic E-state index is 0.0459. The second-order valence-electron chi connectivity index (χ2n) is 36.5. The van der Waals surface area contributed by atoms with Gasteiger partial charge in [-0.2, -0.15) is 0 Å². The Labute approximate surface area is 864 Å². The molecule has 0 N–H and O–H groups in total. The quantitative estimate of drug-likeness (QED) is 0.0957. The first-order valence-corrected chi connectivity index (χ1v) is 49.0. The second-order valence-corrected chi connectivity index (χ2v) is 36.5. The van der Waals surface area contributed by atoms with Crippen molar-refractivity contribution in [1.29, 1.82) is 0 Å². The summed E-state index contributed by atoms with van der Waals surface area (Å²) < 4.78 is 90.8. The predicted octanol–water partition coefficient (Wildman–Crippen LogP) is 35.9. The molecule has 0 radical (unpaired) electrons. The first-order valence-electron chi connectivity index (χ1n) is 54.0. The van der Waals surface area contributed by atoms with E-state index in [1.54, 1.807) is 4.57 Å². The smallest absolute Gasteiger partial charge is 0.165 e. The van der Waals surface area contributed by atoms with Crippen LogP contribution in [-0.4, -0.2) is 43.6 Å². The van der Waals surface area contributed by atoms with Gasteiger partial charge in [-0.05, 0) is 314 Å². The Morgan fingerprint density at radius 3 is 0.762 bits per heavy atom. The fourth-order valence-corrected chi connectivity index (χ4v) is 20.3.